The maximum atomic E-state index is 11.0. The number of aliphatic hydroxyl groups excluding tert-OH is 1. The van der Waals surface area contributed by atoms with Gasteiger partial charge >= 0.3 is 0 Å². The summed E-state index contributed by atoms with van der Waals surface area (Å²) in [5.74, 6) is -0.165. The van der Waals surface area contributed by atoms with E-state index in [4.69, 9.17) is 0 Å². The number of carbonyl (C=O) groups excluding carboxylic acids is 1. The lowest BCUT2D eigenvalue weighted by Crippen LogP contribution is -2.17. The van der Waals surface area contributed by atoms with Gasteiger partial charge in [0.1, 0.15) is 6.10 Å². The Hall–Kier alpha value is -1.61. The molecule has 2 aromatic rings. The van der Waals surface area contributed by atoms with E-state index in [1.54, 1.807) is 0 Å². The van der Waals surface area contributed by atoms with Crippen molar-refractivity contribution in [3.63, 3.8) is 0 Å². The maximum Gasteiger partial charge on any atom is 0.158 e. The molecule has 3 nitrogen and oxygen atoms in total. The summed E-state index contributed by atoms with van der Waals surface area (Å²) in [6.07, 6.45) is 2.32. The maximum absolute atomic E-state index is 11.0. The summed E-state index contributed by atoms with van der Waals surface area (Å²) < 4.78 is 0. The molecular weight excluding hydrogens is 214 g/mol. The van der Waals surface area contributed by atoms with Gasteiger partial charge in [0.2, 0.25) is 0 Å². The molecule has 0 fully saturated rings. The monoisotopic (exact) mass is 231 g/mol. The number of aliphatic hydroxyl groups is 1. The van der Waals surface area contributed by atoms with E-state index in [0.29, 0.717) is 12.8 Å². The highest BCUT2D eigenvalue weighted by molar-refractivity contribution is 5.86. The van der Waals surface area contributed by atoms with Crippen LogP contribution in [0.5, 0.6) is 0 Å². The van der Waals surface area contributed by atoms with Crippen LogP contribution in [0.4, 0.5) is 0 Å². The standard InChI is InChI=1S/C14H17NO2/c1-9-4-3-5-12-14(9)11(8-15-12)6-7-13(17)10(2)16/h3-5,8,13,15,17H,6-7H2,1-2H3. The third-order valence-electron chi connectivity index (χ3n) is 3.15. The van der Waals surface area contributed by atoms with Crippen LogP contribution in [0, 0.1) is 6.92 Å². The Bertz CT molecular complexity index is 542. The molecule has 90 valence electrons. The van der Waals surface area contributed by atoms with Crippen LogP contribution in [0.3, 0.4) is 0 Å². The molecule has 1 unspecified atom stereocenters. The lowest BCUT2D eigenvalue weighted by molar-refractivity contribution is -0.125. The molecule has 1 aromatic heterocycles. The van der Waals surface area contributed by atoms with Crippen LogP contribution in [0.15, 0.2) is 24.4 Å². The first-order valence-electron chi connectivity index (χ1n) is 5.83. The van der Waals surface area contributed by atoms with E-state index in [9.17, 15) is 9.90 Å². The van der Waals surface area contributed by atoms with Crippen LogP contribution in [0.25, 0.3) is 10.9 Å². The van der Waals surface area contributed by atoms with E-state index in [-0.39, 0.29) is 5.78 Å². The lowest BCUT2D eigenvalue weighted by atomic mass is 10.0. The summed E-state index contributed by atoms with van der Waals surface area (Å²) in [7, 11) is 0. The molecule has 17 heavy (non-hydrogen) atoms. The van der Waals surface area contributed by atoms with Gasteiger partial charge in [0.25, 0.3) is 0 Å². The molecule has 0 aliphatic heterocycles. The molecular formula is C14H17NO2. The lowest BCUT2D eigenvalue weighted by Gasteiger charge is -2.06. The highest BCUT2D eigenvalue weighted by atomic mass is 16.3. The van der Waals surface area contributed by atoms with Crippen LogP contribution < -0.4 is 0 Å². The van der Waals surface area contributed by atoms with Crippen molar-refractivity contribution in [3.05, 3.63) is 35.5 Å². The van der Waals surface area contributed by atoms with Gasteiger partial charge in [0.15, 0.2) is 5.78 Å². The minimum atomic E-state index is -0.844. The molecule has 1 aromatic carbocycles. The van der Waals surface area contributed by atoms with Gasteiger partial charge in [-0.1, -0.05) is 12.1 Å². The zero-order chi connectivity index (χ0) is 12.4. The molecule has 2 N–H and O–H groups in total. The number of aromatic nitrogens is 1. The Morgan fingerprint density at radius 2 is 2.24 bits per heavy atom. The first-order chi connectivity index (χ1) is 8.09. The number of aryl methyl sites for hydroxylation is 2. The number of benzene rings is 1. The second-order valence-electron chi connectivity index (χ2n) is 4.48. The largest absolute Gasteiger partial charge is 0.385 e. The summed E-state index contributed by atoms with van der Waals surface area (Å²) in [4.78, 5) is 14.2. The number of rotatable bonds is 4. The fourth-order valence-corrected chi connectivity index (χ4v) is 2.14. The molecule has 0 saturated carbocycles. The number of hydrogen-bond donors (Lipinski definition) is 2. The zero-order valence-electron chi connectivity index (χ0n) is 10.2. The van der Waals surface area contributed by atoms with Gasteiger partial charge in [-0.15, -0.1) is 0 Å². The third kappa shape index (κ3) is 2.39. The number of fused-ring (bicyclic) bond motifs is 1. The van der Waals surface area contributed by atoms with Crippen LogP contribution in [-0.2, 0) is 11.2 Å². The Morgan fingerprint density at radius 1 is 1.47 bits per heavy atom. The van der Waals surface area contributed by atoms with Crippen molar-refractivity contribution in [1.82, 2.24) is 4.98 Å². The molecule has 1 atom stereocenters. The van der Waals surface area contributed by atoms with Crippen molar-refractivity contribution >= 4 is 16.7 Å². The number of carbonyl (C=O) groups is 1. The van der Waals surface area contributed by atoms with Crippen LogP contribution in [-0.4, -0.2) is 22.0 Å². The SMILES string of the molecule is CC(=O)C(O)CCc1c[nH]c2cccc(C)c12. The van der Waals surface area contributed by atoms with Crippen molar-refractivity contribution in [1.29, 1.82) is 0 Å². The van der Waals surface area contributed by atoms with E-state index >= 15 is 0 Å². The Balaban J connectivity index is 2.22. The van der Waals surface area contributed by atoms with Gasteiger partial charge in [-0.3, -0.25) is 4.79 Å². The molecule has 0 bridgehead atoms. The molecule has 1 heterocycles. The molecule has 3 heteroatoms. The normalized spacial score (nSPS) is 12.9. The van der Waals surface area contributed by atoms with E-state index in [1.165, 1.54) is 23.4 Å². The van der Waals surface area contributed by atoms with Crippen molar-refractivity contribution in [2.75, 3.05) is 0 Å². The Labute approximate surface area is 100 Å². The van der Waals surface area contributed by atoms with Crippen LogP contribution in [0.1, 0.15) is 24.5 Å². The van der Waals surface area contributed by atoms with Crippen molar-refractivity contribution in [2.24, 2.45) is 0 Å². The Morgan fingerprint density at radius 3 is 2.94 bits per heavy atom. The zero-order valence-corrected chi connectivity index (χ0v) is 10.2. The molecule has 0 spiro atoms. The van der Waals surface area contributed by atoms with Crippen molar-refractivity contribution < 1.29 is 9.90 Å². The van der Waals surface area contributed by atoms with Gasteiger partial charge < -0.3 is 10.1 Å². The first kappa shape index (κ1) is 11.9. The molecule has 0 aliphatic carbocycles. The molecule has 0 radical (unpaired) electrons. The fourth-order valence-electron chi connectivity index (χ4n) is 2.14. The van der Waals surface area contributed by atoms with Crippen molar-refractivity contribution in [3.8, 4) is 0 Å². The van der Waals surface area contributed by atoms with Gasteiger partial charge in [-0.2, -0.15) is 0 Å². The van der Waals surface area contributed by atoms with Crippen LogP contribution >= 0.6 is 0 Å². The minimum Gasteiger partial charge on any atom is -0.385 e. The van der Waals surface area contributed by atoms with Crippen LogP contribution in [0.2, 0.25) is 0 Å². The van der Waals surface area contributed by atoms with E-state index in [2.05, 4.69) is 18.0 Å². The molecule has 0 saturated heterocycles. The smallest absolute Gasteiger partial charge is 0.158 e. The average molecular weight is 231 g/mol. The number of H-pyrrole nitrogens is 1. The van der Waals surface area contributed by atoms with Gasteiger partial charge in [0.05, 0.1) is 0 Å². The minimum absolute atomic E-state index is 0.165. The topological polar surface area (TPSA) is 53.1 Å². The molecule has 2 rings (SSSR count). The summed E-state index contributed by atoms with van der Waals surface area (Å²) >= 11 is 0. The Kier molecular flexibility index (Phi) is 3.29. The van der Waals surface area contributed by atoms with E-state index in [0.717, 1.165) is 5.52 Å². The molecule has 0 aliphatic rings. The van der Waals surface area contributed by atoms with Crippen molar-refractivity contribution in [2.45, 2.75) is 32.8 Å². The number of Topliss-reactive ketones (excluding diaryl/α,β-unsaturated/α-hetero) is 1. The summed E-state index contributed by atoms with van der Waals surface area (Å²) in [6, 6.07) is 6.12. The second-order valence-corrected chi connectivity index (χ2v) is 4.48. The summed E-state index contributed by atoms with van der Waals surface area (Å²) in [6.45, 7) is 3.49. The highest BCUT2D eigenvalue weighted by Gasteiger charge is 2.12. The van der Waals surface area contributed by atoms with Gasteiger partial charge in [-0.25, -0.2) is 0 Å². The fraction of sp³-hybridized carbons (Fsp3) is 0.357. The predicted octanol–water partition coefficient (Wildman–Crippen LogP) is 2.36. The van der Waals surface area contributed by atoms with E-state index in [1.807, 2.05) is 18.3 Å². The number of hydrogen-bond acceptors (Lipinski definition) is 2. The number of nitrogens with one attached hydrogen (secondary N) is 1. The quantitative estimate of drug-likeness (QED) is 0.848. The second kappa shape index (κ2) is 4.72. The average Bonchev–Trinajstić information content (AvgIpc) is 2.70. The summed E-state index contributed by atoms with van der Waals surface area (Å²) in [5, 5.41) is 10.7. The van der Waals surface area contributed by atoms with E-state index < -0.39 is 6.10 Å². The third-order valence-corrected chi connectivity index (χ3v) is 3.15. The highest BCUT2D eigenvalue weighted by Crippen LogP contribution is 2.23. The predicted molar refractivity (Wildman–Crippen MR) is 68.0 cm³/mol. The number of ketones is 1. The van der Waals surface area contributed by atoms with Gasteiger partial charge in [-0.05, 0) is 43.9 Å². The first-order valence-corrected chi connectivity index (χ1v) is 5.83. The molecule has 0 amide bonds. The van der Waals surface area contributed by atoms with Gasteiger partial charge in [0, 0.05) is 17.1 Å². The number of aromatic amines is 1. The summed E-state index contributed by atoms with van der Waals surface area (Å²) in [5.41, 5.74) is 3.49.